The zero-order chi connectivity index (χ0) is 12.4. The maximum Gasteiger partial charge on any atom is 0.231 e. The molecule has 0 amide bonds. The summed E-state index contributed by atoms with van der Waals surface area (Å²) in [7, 11) is 0. The molecule has 1 aromatic carbocycles. The monoisotopic (exact) mass is 247 g/mol. The molecule has 1 aliphatic heterocycles. The van der Waals surface area contributed by atoms with Crippen molar-refractivity contribution in [3.05, 3.63) is 30.4 Å². The molecule has 0 saturated heterocycles. The van der Waals surface area contributed by atoms with Crippen molar-refractivity contribution in [2.75, 3.05) is 13.4 Å². The van der Waals surface area contributed by atoms with Crippen molar-refractivity contribution >= 4 is 0 Å². The number of ether oxygens (including phenoxy) is 3. The Labute approximate surface area is 107 Å². The Hall–Kier alpha value is -1.68. The van der Waals surface area contributed by atoms with Crippen molar-refractivity contribution in [3.63, 3.8) is 0 Å². The lowest BCUT2D eigenvalue weighted by Gasteiger charge is -2.12. The molecule has 3 rings (SSSR count). The van der Waals surface area contributed by atoms with Crippen LogP contribution in [0.25, 0.3) is 0 Å². The lowest BCUT2D eigenvalue weighted by molar-refractivity contribution is 0.174. The van der Waals surface area contributed by atoms with Gasteiger partial charge in [-0.15, -0.1) is 0 Å². The Kier molecular flexibility index (Phi) is 3.11. The molecule has 1 heterocycles. The third kappa shape index (κ3) is 2.43. The molecule has 0 radical (unpaired) electrons. The van der Waals surface area contributed by atoms with Gasteiger partial charge in [0.1, 0.15) is 12.4 Å². The molecule has 1 saturated carbocycles. The number of hydrogen-bond acceptors (Lipinski definition) is 4. The minimum absolute atomic E-state index is 0.287. The van der Waals surface area contributed by atoms with Gasteiger partial charge in [-0.25, -0.2) is 0 Å². The summed E-state index contributed by atoms with van der Waals surface area (Å²) < 4.78 is 16.4. The molecule has 0 unspecified atom stereocenters. The van der Waals surface area contributed by atoms with E-state index < -0.39 is 0 Å². The minimum Gasteiger partial charge on any atom is -0.489 e. The van der Waals surface area contributed by atoms with Gasteiger partial charge in [-0.2, -0.15) is 0 Å². The highest BCUT2D eigenvalue weighted by Gasteiger charge is 2.22. The van der Waals surface area contributed by atoms with Crippen LogP contribution in [0.1, 0.15) is 18.4 Å². The van der Waals surface area contributed by atoms with Gasteiger partial charge in [0.15, 0.2) is 11.5 Å². The second-order valence-corrected chi connectivity index (χ2v) is 4.57. The van der Waals surface area contributed by atoms with Crippen LogP contribution >= 0.6 is 0 Å². The van der Waals surface area contributed by atoms with Crippen molar-refractivity contribution in [1.29, 1.82) is 0 Å². The van der Waals surface area contributed by atoms with Gasteiger partial charge in [-0.05, 0) is 18.9 Å². The number of fused-ring (bicyclic) bond motifs is 1. The first-order chi connectivity index (χ1) is 8.86. The van der Waals surface area contributed by atoms with E-state index in [9.17, 15) is 0 Å². The van der Waals surface area contributed by atoms with E-state index in [0.29, 0.717) is 12.6 Å². The standard InChI is InChI=1S/C14H17NO3/c1-2-5-16-12-7-14-13(17-9-18-14)6-10(12)8-15-11-3-4-11/h2,6-7,11,15H,1,3-5,8-9H2. The van der Waals surface area contributed by atoms with Gasteiger partial charge < -0.3 is 19.5 Å². The SMILES string of the molecule is C=CCOc1cc2c(cc1CNC1CC1)OCO2. The number of benzene rings is 1. The van der Waals surface area contributed by atoms with Crippen LogP contribution in [0.5, 0.6) is 17.2 Å². The first-order valence-corrected chi connectivity index (χ1v) is 6.26. The van der Waals surface area contributed by atoms with Crippen LogP contribution < -0.4 is 19.5 Å². The number of hydrogen-bond donors (Lipinski definition) is 1. The maximum atomic E-state index is 5.67. The van der Waals surface area contributed by atoms with Crippen LogP contribution in [0.15, 0.2) is 24.8 Å². The van der Waals surface area contributed by atoms with Gasteiger partial charge >= 0.3 is 0 Å². The predicted molar refractivity (Wildman–Crippen MR) is 68.1 cm³/mol. The molecular weight excluding hydrogens is 230 g/mol. The van der Waals surface area contributed by atoms with E-state index in [1.165, 1.54) is 12.8 Å². The summed E-state index contributed by atoms with van der Waals surface area (Å²) in [5, 5.41) is 3.48. The second kappa shape index (κ2) is 4.90. The molecule has 0 atom stereocenters. The normalized spacial score (nSPS) is 16.7. The van der Waals surface area contributed by atoms with E-state index in [1.807, 2.05) is 12.1 Å². The van der Waals surface area contributed by atoms with Crippen molar-refractivity contribution in [2.45, 2.75) is 25.4 Å². The fraction of sp³-hybridized carbons (Fsp3) is 0.429. The molecule has 2 aliphatic rings. The third-order valence-corrected chi connectivity index (χ3v) is 3.07. The fourth-order valence-corrected chi connectivity index (χ4v) is 1.93. The van der Waals surface area contributed by atoms with Gasteiger partial charge in [0.05, 0.1) is 0 Å². The molecule has 1 fully saturated rings. The summed E-state index contributed by atoms with van der Waals surface area (Å²) >= 11 is 0. The smallest absolute Gasteiger partial charge is 0.231 e. The Balaban J connectivity index is 1.79. The second-order valence-electron chi connectivity index (χ2n) is 4.57. The highest BCUT2D eigenvalue weighted by atomic mass is 16.7. The van der Waals surface area contributed by atoms with Crippen LogP contribution in [0.3, 0.4) is 0 Å². The highest BCUT2D eigenvalue weighted by Crippen LogP contribution is 2.38. The highest BCUT2D eigenvalue weighted by molar-refractivity contribution is 5.51. The van der Waals surface area contributed by atoms with Crippen LogP contribution in [0.4, 0.5) is 0 Å². The van der Waals surface area contributed by atoms with Crippen molar-refractivity contribution < 1.29 is 14.2 Å². The summed E-state index contributed by atoms with van der Waals surface area (Å²) in [5.41, 5.74) is 1.10. The molecule has 18 heavy (non-hydrogen) atoms. The fourth-order valence-electron chi connectivity index (χ4n) is 1.93. The molecule has 96 valence electrons. The van der Waals surface area contributed by atoms with Gasteiger partial charge in [-0.3, -0.25) is 0 Å². The molecule has 4 heteroatoms. The van der Waals surface area contributed by atoms with Crippen LogP contribution in [0, 0.1) is 0 Å². The largest absolute Gasteiger partial charge is 0.489 e. The first kappa shape index (κ1) is 11.4. The molecule has 4 nitrogen and oxygen atoms in total. The minimum atomic E-state index is 0.287. The number of rotatable bonds is 6. The Morgan fingerprint density at radius 3 is 2.83 bits per heavy atom. The molecule has 1 N–H and O–H groups in total. The van der Waals surface area contributed by atoms with Crippen LogP contribution in [0.2, 0.25) is 0 Å². The summed E-state index contributed by atoms with van der Waals surface area (Å²) in [5.74, 6) is 2.39. The topological polar surface area (TPSA) is 39.7 Å². The van der Waals surface area contributed by atoms with E-state index in [0.717, 1.165) is 29.4 Å². The van der Waals surface area contributed by atoms with Gasteiger partial charge in [-0.1, -0.05) is 12.7 Å². The first-order valence-electron chi connectivity index (χ1n) is 6.26. The van der Waals surface area contributed by atoms with E-state index in [-0.39, 0.29) is 6.79 Å². The molecule has 0 bridgehead atoms. The molecule has 1 aliphatic carbocycles. The molecular formula is C14H17NO3. The van der Waals surface area contributed by atoms with Gasteiger partial charge in [0.25, 0.3) is 0 Å². The van der Waals surface area contributed by atoms with Crippen LogP contribution in [-0.4, -0.2) is 19.4 Å². The Bertz CT molecular complexity index is 455. The zero-order valence-electron chi connectivity index (χ0n) is 10.3. The quantitative estimate of drug-likeness (QED) is 0.782. The maximum absolute atomic E-state index is 5.67. The zero-order valence-corrected chi connectivity index (χ0v) is 10.3. The number of nitrogens with one attached hydrogen (secondary N) is 1. The Morgan fingerprint density at radius 2 is 2.11 bits per heavy atom. The van der Waals surface area contributed by atoms with Crippen LogP contribution in [-0.2, 0) is 6.54 Å². The molecule has 0 spiro atoms. The van der Waals surface area contributed by atoms with Crippen molar-refractivity contribution in [2.24, 2.45) is 0 Å². The van der Waals surface area contributed by atoms with Gasteiger partial charge in [0.2, 0.25) is 6.79 Å². The summed E-state index contributed by atoms with van der Waals surface area (Å²) in [6, 6.07) is 4.56. The molecule has 0 aromatic heterocycles. The lowest BCUT2D eigenvalue weighted by atomic mass is 10.1. The molecule has 1 aromatic rings. The van der Waals surface area contributed by atoms with E-state index in [1.54, 1.807) is 6.08 Å². The van der Waals surface area contributed by atoms with E-state index in [2.05, 4.69) is 11.9 Å². The lowest BCUT2D eigenvalue weighted by Crippen LogP contribution is -2.16. The van der Waals surface area contributed by atoms with Gasteiger partial charge in [0, 0.05) is 24.2 Å². The third-order valence-electron chi connectivity index (χ3n) is 3.07. The van der Waals surface area contributed by atoms with E-state index >= 15 is 0 Å². The van der Waals surface area contributed by atoms with Crippen molar-refractivity contribution in [1.82, 2.24) is 5.32 Å². The average molecular weight is 247 g/mol. The summed E-state index contributed by atoms with van der Waals surface area (Å²) in [4.78, 5) is 0. The summed E-state index contributed by atoms with van der Waals surface area (Å²) in [6.07, 6.45) is 4.28. The van der Waals surface area contributed by atoms with E-state index in [4.69, 9.17) is 14.2 Å². The average Bonchev–Trinajstić information content (AvgIpc) is 3.10. The van der Waals surface area contributed by atoms with Crippen molar-refractivity contribution in [3.8, 4) is 17.2 Å². The summed E-state index contributed by atoms with van der Waals surface area (Å²) in [6.45, 7) is 5.25. The predicted octanol–water partition coefficient (Wildman–Crippen LogP) is 2.23. The Morgan fingerprint density at radius 1 is 1.33 bits per heavy atom.